The zero-order chi connectivity index (χ0) is 21.0. The lowest BCUT2D eigenvalue weighted by Crippen LogP contribution is -2.19. The molecule has 1 atom stereocenters. The third-order valence-corrected chi connectivity index (χ3v) is 5.72. The summed E-state index contributed by atoms with van der Waals surface area (Å²) in [6.07, 6.45) is 2.85. The Balaban J connectivity index is 1.21. The smallest absolute Gasteiger partial charge is 0.247 e. The number of aromatic nitrogens is 3. The number of benzene rings is 2. The van der Waals surface area contributed by atoms with Crippen LogP contribution >= 0.6 is 0 Å². The van der Waals surface area contributed by atoms with Gasteiger partial charge in [0.25, 0.3) is 0 Å². The Bertz CT molecular complexity index is 1120. The molecule has 31 heavy (non-hydrogen) atoms. The van der Waals surface area contributed by atoms with Crippen LogP contribution in [0.15, 0.2) is 77.3 Å². The summed E-state index contributed by atoms with van der Waals surface area (Å²) in [5.41, 5.74) is 4.34. The van der Waals surface area contributed by atoms with Crippen LogP contribution < -0.4 is 4.74 Å². The quantitative estimate of drug-likeness (QED) is 0.453. The van der Waals surface area contributed by atoms with Gasteiger partial charge in [0.05, 0.1) is 18.7 Å². The lowest BCUT2D eigenvalue weighted by molar-refractivity contribution is 0.320. The molecule has 6 heteroatoms. The summed E-state index contributed by atoms with van der Waals surface area (Å²) in [5, 5.41) is 8.57. The monoisotopic (exact) mass is 412 g/mol. The largest absolute Gasteiger partial charge is 0.497 e. The Morgan fingerprint density at radius 2 is 1.77 bits per heavy atom. The molecule has 1 fully saturated rings. The number of likely N-dealkylation sites (tertiary alicyclic amines) is 1. The van der Waals surface area contributed by atoms with Crippen LogP contribution in [0.25, 0.3) is 22.7 Å². The van der Waals surface area contributed by atoms with E-state index in [-0.39, 0.29) is 5.92 Å². The maximum atomic E-state index is 5.99. The van der Waals surface area contributed by atoms with E-state index in [0.717, 1.165) is 54.5 Å². The molecule has 0 saturated carbocycles. The van der Waals surface area contributed by atoms with Crippen LogP contribution in [0.1, 0.15) is 23.8 Å². The maximum Gasteiger partial charge on any atom is 0.247 e. The van der Waals surface area contributed by atoms with Gasteiger partial charge in [0.1, 0.15) is 5.75 Å². The molecule has 6 nitrogen and oxygen atoms in total. The van der Waals surface area contributed by atoms with Gasteiger partial charge in [-0.2, -0.15) is 0 Å². The molecule has 1 unspecified atom stereocenters. The Morgan fingerprint density at radius 1 is 0.968 bits per heavy atom. The number of methoxy groups -OCH3 is 1. The predicted molar refractivity (Wildman–Crippen MR) is 119 cm³/mol. The van der Waals surface area contributed by atoms with E-state index in [9.17, 15) is 0 Å². The molecule has 1 saturated heterocycles. The highest BCUT2D eigenvalue weighted by molar-refractivity contribution is 5.59. The van der Waals surface area contributed by atoms with E-state index in [1.807, 2.05) is 48.7 Å². The highest BCUT2D eigenvalue weighted by Gasteiger charge is 2.28. The van der Waals surface area contributed by atoms with Crippen molar-refractivity contribution in [1.82, 2.24) is 20.1 Å². The first-order valence-electron chi connectivity index (χ1n) is 10.5. The number of pyridine rings is 1. The lowest BCUT2D eigenvalue weighted by Gasteiger charge is -2.15. The van der Waals surface area contributed by atoms with E-state index >= 15 is 0 Å². The minimum Gasteiger partial charge on any atom is -0.497 e. The van der Waals surface area contributed by atoms with Crippen molar-refractivity contribution in [3.8, 4) is 28.5 Å². The van der Waals surface area contributed by atoms with E-state index < -0.39 is 0 Å². The number of rotatable bonds is 6. The first-order chi connectivity index (χ1) is 15.3. The molecule has 5 rings (SSSR count). The summed E-state index contributed by atoms with van der Waals surface area (Å²) in [4.78, 5) is 6.86. The molecule has 156 valence electrons. The van der Waals surface area contributed by atoms with E-state index in [2.05, 4.69) is 44.3 Å². The van der Waals surface area contributed by atoms with E-state index in [0.29, 0.717) is 5.89 Å². The number of ether oxygens (including phenoxy) is 1. The first-order valence-corrected chi connectivity index (χ1v) is 10.5. The molecule has 3 heterocycles. The fourth-order valence-corrected chi connectivity index (χ4v) is 4.00. The molecule has 0 radical (unpaired) electrons. The molecular weight excluding hydrogens is 388 g/mol. The van der Waals surface area contributed by atoms with Crippen LogP contribution in [0.4, 0.5) is 0 Å². The second-order valence-corrected chi connectivity index (χ2v) is 7.81. The van der Waals surface area contributed by atoms with Gasteiger partial charge < -0.3 is 9.15 Å². The van der Waals surface area contributed by atoms with Crippen LogP contribution in [0.5, 0.6) is 5.75 Å². The van der Waals surface area contributed by atoms with Gasteiger partial charge in [-0.1, -0.05) is 30.3 Å². The molecule has 0 N–H and O–H groups in total. The van der Waals surface area contributed by atoms with Gasteiger partial charge in [0, 0.05) is 30.4 Å². The molecule has 0 amide bonds. The molecule has 2 aromatic carbocycles. The third-order valence-electron chi connectivity index (χ3n) is 5.72. The van der Waals surface area contributed by atoms with Crippen molar-refractivity contribution in [1.29, 1.82) is 0 Å². The summed E-state index contributed by atoms with van der Waals surface area (Å²) in [6.45, 7) is 2.86. The second-order valence-electron chi connectivity index (χ2n) is 7.81. The van der Waals surface area contributed by atoms with Gasteiger partial charge in [0.15, 0.2) is 0 Å². The first kappa shape index (κ1) is 19.5. The Kier molecular flexibility index (Phi) is 5.46. The van der Waals surface area contributed by atoms with Crippen molar-refractivity contribution in [2.75, 3.05) is 20.2 Å². The van der Waals surface area contributed by atoms with E-state index in [1.165, 1.54) is 5.56 Å². The topological polar surface area (TPSA) is 64.3 Å². The molecule has 1 aliphatic rings. The van der Waals surface area contributed by atoms with Crippen molar-refractivity contribution < 1.29 is 9.15 Å². The summed E-state index contributed by atoms with van der Waals surface area (Å²) in [5.74, 6) is 2.36. The normalized spacial score (nSPS) is 16.5. The standard InChI is InChI=1S/C25H24N4O2/c1-30-22-11-9-20(10-12-22)24-27-28-25(31-24)21-13-15-29(17-21)16-18-5-7-19(8-6-18)23-4-2-3-14-26-23/h2-12,14,21H,13,15-17H2,1H3. The molecule has 2 aromatic heterocycles. The maximum absolute atomic E-state index is 5.99. The van der Waals surface area contributed by atoms with Crippen molar-refractivity contribution in [2.24, 2.45) is 0 Å². The van der Waals surface area contributed by atoms with Crippen LogP contribution in [-0.4, -0.2) is 40.3 Å². The van der Waals surface area contributed by atoms with Crippen molar-refractivity contribution in [3.63, 3.8) is 0 Å². The summed E-state index contributed by atoms with van der Waals surface area (Å²) >= 11 is 0. The van der Waals surface area contributed by atoms with Gasteiger partial charge in [-0.3, -0.25) is 9.88 Å². The zero-order valence-corrected chi connectivity index (χ0v) is 17.4. The Labute approximate surface area is 181 Å². The highest BCUT2D eigenvalue weighted by atomic mass is 16.5. The minimum absolute atomic E-state index is 0.271. The molecule has 4 aromatic rings. The van der Waals surface area contributed by atoms with E-state index in [4.69, 9.17) is 9.15 Å². The molecule has 0 bridgehead atoms. The highest BCUT2D eigenvalue weighted by Crippen LogP contribution is 2.30. The van der Waals surface area contributed by atoms with Crippen LogP contribution in [-0.2, 0) is 6.54 Å². The molecule has 0 aliphatic carbocycles. The van der Waals surface area contributed by atoms with Crippen molar-refractivity contribution >= 4 is 0 Å². The average Bonchev–Trinajstić information content (AvgIpc) is 3.50. The third kappa shape index (κ3) is 4.34. The summed E-state index contributed by atoms with van der Waals surface area (Å²) in [6, 6.07) is 22.3. The molecule has 1 aliphatic heterocycles. The average molecular weight is 412 g/mol. The predicted octanol–water partition coefficient (Wildman–Crippen LogP) is 4.80. The fourth-order valence-electron chi connectivity index (χ4n) is 4.00. The SMILES string of the molecule is COc1ccc(-c2nnc(C3CCN(Cc4ccc(-c5ccccn5)cc4)C3)o2)cc1. The lowest BCUT2D eigenvalue weighted by atomic mass is 10.1. The number of hydrogen-bond acceptors (Lipinski definition) is 6. The van der Waals surface area contributed by atoms with Gasteiger partial charge >= 0.3 is 0 Å². The van der Waals surface area contributed by atoms with Crippen LogP contribution in [0.2, 0.25) is 0 Å². The minimum atomic E-state index is 0.271. The van der Waals surface area contributed by atoms with Crippen molar-refractivity contribution in [3.05, 3.63) is 84.4 Å². The van der Waals surface area contributed by atoms with Gasteiger partial charge in [0.2, 0.25) is 11.8 Å². The van der Waals surface area contributed by atoms with Crippen LogP contribution in [0, 0.1) is 0 Å². The fraction of sp³-hybridized carbons (Fsp3) is 0.240. The van der Waals surface area contributed by atoms with Gasteiger partial charge in [-0.15, -0.1) is 10.2 Å². The summed E-state index contributed by atoms with van der Waals surface area (Å²) < 4.78 is 11.2. The molecular formula is C25H24N4O2. The Hall–Kier alpha value is -3.51. The number of nitrogens with zero attached hydrogens (tertiary/aromatic N) is 4. The van der Waals surface area contributed by atoms with Crippen molar-refractivity contribution in [2.45, 2.75) is 18.9 Å². The number of hydrogen-bond donors (Lipinski definition) is 0. The molecule has 0 spiro atoms. The second kappa shape index (κ2) is 8.70. The summed E-state index contributed by atoms with van der Waals surface area (Å²) in [7, 11) is 1.65. The van der Waals surface area contributed by atoms with Crippen LogP contribution in [0.3, 0.4) is 0 Å². The van der Waals surface area contributed by atoms with Gasteiger partial charge in [-0.25, -0.2) is 0 Å². The van der Waals surface area contributed by atoms with E-state index in [1.54, 1.807) is 7.11 Å². The van der Waals surface area contributed by atoms with Gasteiger partial charge in [-0.05, 0) is 54.9 Å². The Morgan fingerprint density at radius 3 is 2.52 bits per heavy atom. The zero-order valence-electron chi connectivity index (χ0n) is 17.4.